The van der Waals surface area contributed by atoms with Crippen LogP contribution in [0.4, 0.5) is 0 Å². The Balaban J connectivity index is 2.47. The van der Waals surface area contributed by atoms with E-state index in [1.165, 1.54) is 0 Å². The number of hydrogen-bond acceptors (Lipinski definition) is 2. The molecule has 1 aromatic carbocycles. The number of nitriles is 1. The van der Waals surface area contributed by atoms with Gasteiger partial charge in [-0.1, -0.05) is 6.07 Å². The van der Waals surface area contributed by atoms with Crippen molar-refractivity contribution in [2.24, 2.45) is 0 Å². The van der Waals surface area contributed by atoms with Gasteiger partial charge in [-0.25, -0.2) is 0 Å². The van der Waals surface area contributed by atoms with Gasteiger partial charge in [0.05, 0.1) is 11.6 Å². The Morgan fingerprint density at radius 3 is 2.93 bits per heavy atom. The summed E-state index contributed by atoms with van der Waals surface area (Å²) >= 11 is 0. The minimum absolute atomic E-state index is 0.152. The fraction of sp³-hybridized carbons (Fsp3) is 0.333. The Labute approximate surface area is 84.1 Å². The number of fused-ring (bicyclic) bond motifs is 1. The monoisotopic (exact) mass is 186 g/mol. The van der Waals surface area contributed by atoms with Crippen molar-refractivity contribution in [2.75, 3.05) is 0 Å². The maximum Gasteiger partial charge on any atom is 0.124 e. The smallest absolute Gasteiger partial charge is 0.124 e. The predicted molar refractivity (Wildman–Crippen MR) is 53.9 cm³/mol. The van der Waals surface area contributed by atoms with Gasteiger partial charge in [-0.05, 0) is 38.8 Å². The van der Waals surface area contributed by atoms with Gasteiger partial charge in [0.2, 0.25) is 0 Å². The highest BCUT2D eigenvalue weighted by Crippen LogP contribution is 2.35. The summed E-state index contributed by atoms with van der Waals surface area (Å²) in [7, 11) is 0. The van der Waals surface area contributed by atoms with Crippen LogP contribution in [0.15, 0.2) is 18.2 Å². The molecule has 2 nitrogen and oxygen atoms in total. The maximum atomic E-state index is 8.90. The Morgan fingerprint density at radius 1 is 1.43 bits per heavy atom. The van der Waals surface area contributed by atoms with Crippen molar-refractivity contribution in [3.05, 3.63) is 35.7 Å². The highest BCUT2D eigenvalue weighted by atomic mass is 16.5. The maximum absolute atomic E-state index is 8.90. The fourth-order valence-electron chi connectivity index (χ4n) is 1.63. The van der Waals surface area contributed by atoms with Gasteiger partial charge in [-0.3, -0.25) is 0 Å². The van der Waals surface area contributed by atoms with Gasteiger partial charge in [-0.2, -0.15) is 5.26 Å². The van der Waals surface area contributed by atoms with Crippen LogP contribution < -0.4 is 4.74 Å². The Morgan fingerprint density at radius 2 is 2.21 bits per heavy atom. The van der Waals surface area contributed by atoms with E-state index in [1.807, 2.05) is 32.0 Å². The molecule has 1 radical (unpaired) electrons. The van der Waals surface area contributed by atoms with E-state index < -0.39 is 0 Å². The molecule has 1 aliphatic rings. The standard InChI is InChI=1S/C12H12NO/c1-12(2)7-6-10-9(8-13)4-3-5-11(10)14-12/h3-6H,7H2,1-2H3. The van der Waals surface area contributed by atoms with Crippen molar-refractivity contribution in [1.82, 2.24) is 0 Å². The van der Waals surface area contributed by atoms with E-state index in [0.717, 1.165) is 17.7 Å². The van der Waals surface area contributed by atoms with Crippen LogP contribution in [0.25, 0.3) is 0 Å². The van der Waals surface area contributed by atoms with E-state index in [9.17, 15) is 0 Å². The quantitative estimate of drug-likeness (QED) is 0.624. The lowest BCUT2D eigenvalue weighted by atomic mass is 9.92. The van der Waals surface area contributed by atoms with Crippen molar-refractivity contribution in [1.29, 1.82) is 5.26 Å². The molecule has 0 spiro atoms. The molecule has 0 unspecified atom stereocenters. The van der Waals surface area contributed by atoms with Crippen LogP contribution in [0.2, 0.25) is 0 Å². The van der Waals surface area contributed by atoms with E-state index in [1.54, 1.807) is 0 Å². The third kappa shape index (κ3) is 1.46. The minimum atomic E-state index is -0.152. The predicted octanol–water partition coefficient (Wildman–Crippen LogP) is 2.67. The normalized spacial score (nSPS) is 17.8. The summed E-state index contributed by atoms with van der Waals surface area (Å²) < 4.78 is 5.78. The number of rotatable bonds is 0. The Hall–Kier alpha value is -1.49. The number of ether oxygens (including phenoxy) is 1. The minimum Gasteiger partial charge on any atom is -0.488 e. The van der Waals surface area contributed by atoms with Crippen LogP contribution in [0, 0.1) is 17.8 Å². The van der Waals surface area contributed by atoms with Crippen LogP contribution in [0.3, 0.4) is 0 Å². The molecule has 2 rings (SSSR count). The summed E-state index contributed by atoms with van der Waals surface area (Å²) in [5.41, 5.74) is 1.48. The van der Waals surface area contributed by atoms with Crippen LogP contribution in [0.5, 0.6) is 5.75 Å². The van der Waals surface area contributed by atoms with E-state index in [0.29, 0.717) is 5.56 Å². The molecule has 2 heteroatoms. The van der Waals surface area contributed by atoms with E-state index in [4.69, 9.17) is 10.00 Å². The summed E-state index contributed by atoms with van der Waals surface area (Å²) in [5.74, 6) is 0.820. The van der Waals surface area contributed by atoms with Gasteiger partial charge in [0, 0.05) is 5.56 Å². The van der Waals surface area contributed by atoms with Gasteiger partial charge in [0.1, 0.15) is 11.4 Å². The molecule has 1 heterocycles. The molecule has 71 valence electrons. The molecule has 1 aliphatic heterocycles. The first-order valence-corrected chi connectivity index (χ1v) is 4.68. The zero-order valence-electron chi connectivity index (χ0n) is 8.37. The molecule has 0 amide bonds. The Bertz CT molecular complexity index is 401. The molecule has 0 aromatic heterocycles. The second-order valence-corrected chi connectivity index (χ2v) is 4.10. The lowest BCUT2D eigenvalue weighted by molar-refractivity contribution is 0.0987. The van der Waals surface area contributed by atoms with E-state index >= 15 is 0 Å². The van der Waals surface area contributed by atoms with Gasteiger partial charge in [0.25, 0.3) is 0 Å². The zero-order chi connectivity index (χ0) is 10.2. The SMILES string of the molecule is CC1(C)C[CH]c2c(C#N)cccc2O1. The van der Waals surface area contributed by atoms with Gasteiger partial charge < -0.3 is 4.74 Å². The lowest BCUT2D eigenvalue weighted by Gasteiger charge is -2.32. The molecule has 0 saturated heterocycles. The first kappa shape index (κ1) is 9.08. The molecule has 1 aromatic rings. The summed E-state index contributed by atoms with van der Waals surface area (Å²) in [5, 5.41) is 8.90. The van der Waals surface area contributed by atoms with Crippen LogP contribution >= 0.6 is 0 Å². The number of benzene rings is 1. The molecular formula is C12H12NO. The molecule has 0 fully saturated rings. The van der Waals surface area contributed by atoms with Crippen LogP contribution in [-0.2, 0) is 0 Å². The topological polar surface area (TPSA) is 33.0 Å². The summed E-state index contributed by atoms with van der Waals surface area (Å²) in [6.07, 6.45) is 2.93. The van der Waals surface area contributed by atoms with E-state index in [2.05, 4.69) is 12.5 Å². The van der Waals surface area contributed by atoms with Crippen molar-refractivity contribution >= 4 is 0 Å². The highest BCUT2D eigenvalue weighted by Gasteiger charge is 2.27. The van der Waals surface area contributed by atoms with Crippen molar-refractivity contribution in [3.63, 3.8) is 0 Å². The summed E-state index contributed by atoms with van der Waals surface area (Å²) in [6.45, 7) is 4.09. The average molecular weight is 186 g/mol. The largest absolute Gasteiger partial charge is 0.488 e. The summed E-state index contributed by atoms with van der Waals surface area (Å²) in [6, 6.07) is 7.75. The zero-order valence-corrected chi connectivity index (χ0v) is 8.37. The highest BCUT2D eigenvalue weighted by molar-refractivity contribution is 5.52. The molecule has 0 aliphatic carbocycles. The van der Waals surface area contributed by atoms with Crippen LogP contribution in [0.1, 0.15) is 31.4 Å². The molecule has 14 heavy (non-hydrogen) atoms. The number of hydrogen-bond donors (Lipinski definition) is 0. The van der Waals surface area contributed by atoms with Gasteiger partial charge in [-0.15, -0.1) is 0 Å². The van der Waals surface area contributed by atoms with Gasteiger partial charge in [0.15, 0.2) is 0 Å². The second-order valence-electron chi connectivity index (χ2n) is 4.10. The molecule has 0 N–H and O–H groups in total. The molecule has 0 bridgehead atoms. The van der Waals surface area contributed by atoms with Crippen molar-refractivity contribution in [3.8, 4) is 11.8 Å². The summed E-state index contributed by atoms with van der Waals surface area (Å²) in [4.78, 5) is 0. The van der Waals surface area contributed by atoms with Crippen molar-refractivity contribution < 1.29 is 4.74 Å². The molecule has 0 atom stereocenters. The third-order valence-corrected chi connectivity index (χ3v) is 2.37. The van der Waals surface area contributed by atoms with Crippen LogP contribution in [-0.4, -0.2) is 5.60 Å². The number of nitrogens with zero attached hydrogens (tertiary/aromatic N) is 1. The second kappa shape index (κ2) is 3.02. The fourth-order valence-corrected chi connectivity index (χ4v) is 1.63. The molecule has 0 saturated carbocycles. The lowest BCUT2D eigenvalue weighted by Crippen LogP contribution is -2.32. The van der Waals surface area contributed by atoms with Gasteiger partial charge >= 0.3 is 0 Å². The Kier molecular flexibility index (Phi) is 1.96. The van der Waals surface area contributed by atoms with Crippen molar-refractivity contribution in [2.45, 2.75) is 25.9 Å². The first-order chi connectivity index (χ1) is 6.62. The van der Waals surface area contributed by atoms with E-state index in [-0.39, 0.29) is 5.60 Å². The molecular weight excluding hydrogens is 174 g/mol. The average Bonchev–Trinajstić information content (AvgIpc) is 2.15. The first-order valence-electron chi connectivity index (χ1n) is 4.68. The third-order valence-electron chi connectivity index (χ3n) is 2.37.